The van der Waals surface area contributed by atoms with E-state index < -0.39 is 5.41 Å². The molecule has 0 N–H and O–H groups in total. The molecule has 55 heavy (non-hydrogen) atoms. The van der Waals surface area contributed by atoms with Crippen LogP contribution in [0.3, 0.4) is 0 Å². The molecule has 1 aliphatic rings. The van der Waals surface area contributed by atoms with Crippen LogP contribution in [-0.4, -0.2) is 15.0 Å². The number of rotatable bonds is 7. The number of benzene rings is 8. The molecule has 0 fully saturated rings. The first-order chi connectivity index (χ1) is 27.3. The van der Waals surface area contributed by atoms with Crippen molar-refractivity contribution in [1.29, 1.82) is 0 Å². The quantitative estimate of drug-likeness (QED) is 0.166. The molecule has 0 amide bonds. The van der Waals surface area contributed by atoms with Crippen LogP contribution in [0.4, 0.5) is 0 Å². The molecule has 0 unspecified atom stereocenters. The molecular formula is C52H35N3. The van der Waals surface area contributed by atoms with Gasteiger partial charge in [0.2, 0.25) is 0 Å². The number of aromatic nitrogens is 3. The molecule has 1 aromatic heterocycles. The minimum Gasteiger partial charge on any atom is -0.208 e. The highest BCUT2D eigenvalue weighted by molar-refractivity contribution is 5.95. The van der Waals surface area contributed by atoms with Crippen molar-refractivity contribution in [3.05, 3.63) is 235 Å². The van der Waals surface area contributed by atoms with E-state index in [1.54, 1.807) is 0 Å². The maximum absolute atomic E-state index is 5.44. The summed E-state index contributed by atoms with van der Waals surface area (Å²) in [6.45, 7) is 0. The second-order valence-electron chi connectivity index (χ2n) is 13.9. The van der Waals surface area contributed by atoms with Gasteiger partial charge in [-0.2, -0.15) is 0 Å². The second kappa shape index (κ2) is 13.6. The SMILES string of the molecule is c1ccc(-c2ccc(-c3ccccc3)c(-c3nc(-c4ccccc4)nc(-c4cccc5c4-c4ccccc4C5(c4ccccc4)c4ccccc4)n3)c2)cc1. The Morgan fingerprint density at radius 1 is 0.273 bits per heavy atom. The number of hydrogen-bond acceptors (Lipinski definition) is 3. The smallest absolute Gasteiger partial charge is 0.164 e. The van der Waals surface area contributed by atoms with Gasteiger partial charge in [0.25, 0.3) is 0 Å². The van der Waals surface area contributed by atoms with Crippen LogP contribution in [0.1, 0.15) is 22.3 Å². The summed E-state index contributed by atoms with van der Waals surface area (Å²) in [6.07, 6.45) is 0. The maximum Gasteiger partial charge on any atom is 0.164 e. The van der Waals surface area contributed by atoms with Gasteiger partial charge < -0.3 is 0 Å². The summed E-state index contributed by atoms with van der Waals surface area (Å²) in [5, 5.41) is 0. The van der Waals surface area contributed by atoms with Gasteiger partial charge in [0.1, 0.15) is 0 Å². The van der Waals surface area contributed by atoms with Crippen molar-refractivity contribution in [2.24, 2.45) is 0 Å². The standard InChI is InChI=1S/C52H35N3/c1-6-19-36(20-7-1)39-33-34-42(37-21-8-2-9-22-37)45(35-39)51-54-49(38-23-10-3-11-24-38)53-50(55-51)44-30-18-32-47-48(44)43-29-16-17-31-46(43)52(47,40-25-12-4-13-26-40)41-27-14-5-15-28-41/h1-35H. The third kappa shape index (κ3) is 5.48. The molecule has 258 valence electrons. The normalized spacial score (nSPS) is 12.5. The fourth-order valence-electron chi connectivity index (χ4n) is 8.42. The van der Waals surface area contributed by atoms with Crippen molar-refractivity contribution in [2.75, 3.05) is 0 Å². The highest BCUT2D eigenvalue weighted by atomic mass is 15.0. The Morgan fingerprint density at radius 2 is 0.745 bits per heavy atom. The van der Waals surface area contributed by atoms with Crippen LogP contribution >= 0.6 is 0 Å². The largest absolute Gasteiger partial charge is 0.208 e. The monoisotopic (exact) mass is 701 g/mol. The van der Waals surface area contributed by atoms with E-state index in [2.05, 4.69) is 188 Å². The third-order valence-corrected chi connectivity index (χ3v) is 10.8. The predicted molar refractivity (Wildman–Crippen MR) is 224 cm³/mol. The van der Waals surface area contributed by atoms with Crippen molar-refractivity contribution >= 4 is 0 Å². The number of hydrogen-bond donors (Lipinski definition) is 0. The van der Waals surface area contributed by atoms with E-state index in [0.29, 0.717) is 17.5 Å². The Bertz CT molecular complexity index is 2740. The van der Waals surface area contributed by atoms with Gasteiger partial charge in [-0.1, -0.05) is 206 Å². The van der Waals surface area contributed by atoms with Gasteiger partial charge in [-0.3, -0.25) is 0 Å². The van der Waals surface area contributed by atoms with Gasteiger partial charge in [0, 0.05) is 16.7 Å². The summed E-state index contributed by atoms with van der Waals surface area (Å²) in [5.41, 5.74) is 13.9. The zero-order valence-corrected chi connectivity index (χ0v) is 30.0. The van der Waals surface area contributed by atoms with Gasteiger partial charge in [-0.25, -0.2) is 15.0 Å². The average molecular weight is 702 g/mol. The maximum atomic E-state index is 5.44. The van der Waals surface area contributed by atoms with E-state index in [-0.39, 0.29) is 0 Å². The van der Waals surface area contributed by atoms with Gasteiger partial charge in [-0.05, 0) is 61.7 Å². The number of nitrogens with zero attached hydrogens (tertiary/aromatic N) is 3. The van der Waals surface area contributed by atoms with E-state index in [9.17, 15) is 0 Å². The first kappa shape index (κ1) is 32.4. The average Bonchev–Trinajstić information content (AvgIpc) is 3.59. The summed E-state index contributed by atoms with van der Waals surface area (Å²) in [5.74, 6) is 1.89. The van der Waals surface area contributed by atoms with Crippen LogP contribution in [0.2, 0.25) is 0 Å². The van der Waals surface area contributed by atoms with Crippen LogP contribution in [0, 0.1) is 0 Å². The summed E-state index contributed by atoms with van der Waals surface area (Å²) in [6, 6.07) is 75.1. The highest BCUT2D eigenvalue weighted by Gasteiger charge is 2.47. The molecule has 0 radical (unpaired) electrons. The molecule has 0 spiro atoms. The lowest BCUT2D eigenvalue weighted by atomic mass is 9.67. The van der Waals surface area contributed by atoms with Crippen LogP contribution in [-0.2, 0) is 5.41 Å². The molecule has 1 heterocycles. The summed E-state index contributed by atoms with van der Waals surface area (Å²) >= 11 is 0. The number of fused-ring (bicyclic) bond motifs is 3. The fourth-order valence-corrected chi connectivity index (χ4v) is 8.42. The fraction of sp³-hybridized carbons (Fsp3) is 0.0192. The zero-order chi connectivity index (χ0) is 36.6. The van der Waals surface area contributed by atoms with E-state index in [1.165, 1.54) is 27.8 Å². The highest BCUT2D eigenvalue weighted by Crippen LogP contribution is 2.58. The van der Waals surface area contributed by atoms with Crippen molar-refractivity contribution in [1.82, 2.24) is 15.0 Å². The molecule has 0 aliphatic heterocycles. The minimum absolute atomic E-state index is 0.535. The van der Waals surface area contributed by atoms with Gasteiger partial charge in [0.05, 0.1) is 5.41 Å². The van der Waals surface area contributed by atoms with Crippen LogP contribution in [0.25, 0.3) is 67.5 Å². The molecule has 8 aromatic carbocycles. The van der Waals surface area contributed by atoms with E-state index in [4.69, 9.17) is 15.0 Å². The van der Waals surface area contributed by atoms with Crippen LogP contribution in [0.5, 0.6) is 0 Å². The van der Waals surface area contributed by atoms with Crippen molar-refractivity contribution in [3.63, 3.8) is 0 Å². The van der Waals surface area contributed by atoms with Crippen molar-refractivity contribution < 1.29 is 0 Å². The van der Waals surface area contributed by atoms with Gasteiger partial charge >= 0.3 is 0 Å². The Balaban J connectivity index is 1.27. The molecule has 3 heteroatoms. The molecule has 0 bridgehead atoms. The first-order valence-corrected chi connectivity index (χ1v) is 18.7. The molecule has 10 rings (SSSR count). The summed E-state index contributed by atoms with van der Waals surface area (Å²) in [4.78, 5) is 16.0. The summed E-state index contributed by atoms with van der Waals surface area (Å²) in [7, 11) is 0. The lowest BCUT2D eigenvalue weighted by Crippen LogP contribution is -2.28. The van der Waals surface area contributed by atoms with Crippen LogP contribution in [0.15, 0.2) is 212 Å². The Labute approximate surface area is 321 Å². The molecule has 3 nitrogen and oxygen atoms in total. The van der Waals surface area contributed by atoms with E-state index in [0.717, 1.165) is 44.5 Å². The predicted octanol–water partition coefficient (Wildman–Crippen LogP) is 12.6. The van der Waals surface area contributed by atoms with E-state index in [1.807, 2.05) is 24.3 Å². The summed E-state index contributed by atoms with van der Waals surface area (Å²) < 4.78 is 0. The Hall–Kier alpha value is -7.23. The molecule has 0 atom stereocenters. The first-order valence-electron chi connectivity index (χ1n) is 18.7. The molecule has 9 aromatic rings. The molecular weight excluding hydrogens is 667 g/mol. The zero-order valence-electron chi connectivity index (χ0n) is 30.0. The molecule has 0 saturated carbocycles. The Morgan fingerprint density at radius 3 is 1.38 bits per heavy atom. The lowest BCUT2D eigenvalue weighted by molar-refractivity contribution is 0.768. The van der Waals surface area contributed by atoms with Gasteiger partial charge in [-0.15, -0.1) is 0 Å². The minimum atomic E-state index is -0.535. The van der Waals surface area contributed by atoms with Crippen molar-refractivity contribution in [2.45, 2.75) is 5.41 Å². The van der Waals surface area contributed by atoms with E-state index >= 15 is 0 Å². The lowest BCUT2D eigenvalue weighted by Gasteiger charge is -2.33. The van der Waals surface area contributed by atoms with Crippen LogP contribution < -0.4 is 0 Å². The van der Waals surface area contributed by atoms with Crippen molar-refractivity contribution in [3.8, 4) is 67.5 Å². The third-order valence-electron chi connectivity index (χ3n) is 10.8. The molecule has 1 aliphatic carbocycles. The molecule has 0 saturated heterocycles. The second-order valence-corrected chi connectivity index (χ2v) is 13.9. The Kier molecular flexibility index (Phi) is 8.04. The topological polar surface area (TPSA) is 38.7 Å². The van der Waals surface area contributed by atoms with Gasteiger partial charge in [0.15, 0.2) is 17.5 Å².